The van der Waals surface area contributed by atoms with Gasteiger partial charge in [0.05, 0.1) is 11.8 Å². The molecular formula is C37H48F2N4O5S. The zero-order chi connectivity index (χ0) is 36.1. The number of ether oxygens (including phenoxy) is 1. The molecule has 1 aromatic heterocycles. The normalized spacial score (nSPS) is 16.3. The lowest BCUT2D eigenvalue weighted by Crippen LogP contribution is -2.46. The molecule has 4 rings (SSSR count). The Labute approximate surface area is 291 Å². The van der Waals surface area contributed by atoms with E-state index in [2.05, 4.69) is 0 Å². The van der Waals surface area contributed by atoms with E-state index in [-0.39, 0.29) is 28.9 Å². The van der Waals surface area contributed by atoms with Crippen molar-refractivity contribution in [3.05, 3.63) is 83.7 Å². The van der Waals surface area contributed by atoms with Gasteiger partial charge in [0.15, 0.2) is 0 Å². The molecule has 0 radical (unpaired) electrons. The van der Waals surface area contributed by atoms with E-state index in [0.717, 1.165) is 35.2 Å². The minimum atomic E-state index is -1.14. The van der Waals surface area contributed by atoms with Gasteiger partial charge in [-0.25, -0.2) is 13.6 Å². The van der Waals surface area contributed by atoms with Crippen LogP contribution in [0.15, 0.2) is 60.8 Å². The van der Waals surface area contributed by atoms with E-state index in [1.54, 1.807) is 11.1 Å². The number of aromatic nitrogens is 1. The molecule has 2 amide bonds. The van der Waals surface area contributed by atoms with Gasteiger partial charge in [-0.3, -0.25) is 9.59 Å². The lowest BCUT2D eigenvalue weighted by molar-refractivity contribution is -0.138. The summed E-state index contributed by atoms with van der Waals surface area (Å²) in [5, 5.41) is 9.29. The van der Waals surface area contributed by atoms with Crippen LogP contribution in [0.5, 0.6) is 0 Å². The highest BCUT2D eigenvalue weighted by atomic mass is 32.2. The van der Waals surface area contributed by atoms with Crippen LogP contribution in [-0.4, -0.2) is 80.2 Å². The average Bonchev–Trinajstić information content (AvgIpc) is 3.64. The van der Waals surface area contributed by atoms with Crippen LogP contribution in [0.4, 0.5) is 13.6 Å². The molecular weight excluding hydrogens is 650 g/mol. The maximum Gasteiger partial charge on any atom is 0.410 e. The van der Waals surface area contributed by atoms with E-state index in [9.17, 15) is 23.9 Å². The molecule has 1 saturated heterocycles. The van der Waals surface area contributed by atoms with Gasteiger partial charge in [0, 0.05) is 54.9 Å². The Morgan fingerprint density at radius 3 is 2.39 bits per heavy atom. The Bertz CT molecular complexity index is 1620. The van der Waals surface area contributed by atoms with Crippen molar-refractivity contribution in [1.29, 1.82) is 0 Å². The Hall–Kier alpha value is -3.90. The number of hydrogen-bond acceptors (Lipinski definition) is 6. The third-order valence-electron chi connectivity index (χ3n) is 8.33. The number of carbonyl (C=O) groups is 3. The molecule has 1 aliphatic rings. The number of halogens is 2. The average molecular weight is 699 g/mol. The smallest absolute Gasteiger partial charge is 0.410 e. The molecule has 1 aliphatic heterocycles. The highest BCUT2D eigenvalue weighted by molar-refractivity contribution is 8.00. The first-order chi connectivity index (χ1) is 22.9. The Kier molecular flexibility index (Phi) is 12.2. The van der Waals surface area contributed by atoms with Crippen LogP contribution < -0.4 is 5.73 Å². The van der Waals surface area contributed by atoms with Crippen molar-refractivity contribution < 1.29 is 33.0 Å². The fraction of sp³-hybridized carbons (Fsp3) is 0.486. The van der Waals surface area contributed by atoms with Crippen molar-refractivity contribution in [1.82, 2.24) is 14.4 Å². The summed E-state index contributed by atoms with van der Waals surface area (Å²) in [5.74, 6) is -2.52. The third kappa shape index (κ3) is 10.3. The number of benzene rings is 2. The number of nitrogens with two attached hydrogens (primary N) is 1. The van der Waals surface area contributed by atoms with Gasteiger partial charge in [0.1, 0.15) is 23.3 Å². The van der Waals surface area contributed by atoms with Gasteiger partial charge in [0.25, 0.3) is 0 Å². The molecule has 12 heteroatoms. The fourth-order valence-electron chi connectivity index (χ4n) is 6.14. The number of carboxylic acids is 1. The number of amides is 2. The molecule has 1 fully saturated rings. The second-order valence-corrected chi connectivity index (χ2v) is 15.8. The molecule has 2 aromatic carbocycles. The van der Waals surface area contributed by atoms with Crippen LogP contribution in [-0.2, 0) is 20.9 Å². The first-order valence-corrected chi connectivity index (χ1v) is 17.6. The monoisotopic (exact) mass is 698 g/mol. The van der Waals surface area contributed by atoms with Crippen LogP contribution in [0.25, 0.3) is 11.1 Å². The number of rotatable bonds is 12. The molecule has 9 nitrogen and oxygen atoms in total. The summed E-state index contributed by atoms with van der Waals surface area (Å²) in [6.45, 7) is 13.1. The largest absolute Gasteiger partial charge is 0.480 e. The predicted molar refractivity (Wildman–Crippen MR) is 188 cm³/mol. The van der Waals surface area contributed by atoms with Crippen molar-refractivity contribution in [3.8, 4) is 11.1 Å². The van der Waals surface area contributed by atoms with Gasteiger partial charge < -0.3 is 29.9 Å². The molecule has 3 aromatic rings. The summed E-state index contributed by atoms with van der Waals surface area (Å²) in [4.78, 5) is 42.0. The second kappa shape index (κ2) is 15.8. The van der Waals surface area contributed by atoms with Crippen molar-refractivity contribution in [2.24, 2.45) is 17.1 Å². The molecule has 2 heterocycles. The van der Waals surface area contributed by atoms with E-state index in [0.29, 0.717) is 38.2 Å². The Morgan fingerprint density at radius 1 is 1.06 bits per heavy atom. The lowest BCUT2D eigenvalue weighted by atomic mass is 9.82. The Balaban J connectivity index is 1.77. The molecule has 2 unspecified atom stereocenters. The van der Waals surface area contributed by atoms with Gasteiger partial charge in [-0.05, 0) is 68.4 Å². The van der Waals surface area contributed by atoms with E-state index in [1.165, 1.54) is 6.07 Å². The topological polar surface area (TPSA) is 118 Å². The van der Waals surface area contributed by atoms with Crippen molar-refractivity contribution in [2.75, 3.05) is 31.1 Å². The fourth-order valence-corrected chi connectivity index (χ4v) is 7.00. The summed E-state index contributed by atoms with van der Waals surface area (Å²) >= 11 is 1.15. The summed E-state index contributed by atoms with van der Waals surface area (Å²) < 4.78 is 37.1. The maximum atomic E-state index is 15.1. The van der Waals surface area contributed by atoms with Gasteiger partial charge in [-0.15, -0.1) is 11.8 Å². The predicted octanol–water partition coefficient (Wildman–Crippen LogP) is 6.80. The summed E-state index contributed by atoms with van der Waals surface area (Å²) in [7, 11) is 0. The molecule has 0 aliphatic carbocycles. The molecule has 0 spiro atoms. The van der Waals surface area contributed by atoms with Crippen LogP contribution in [0.1, 0.15) is 65.3 Å². The van der Waals surface area contributed by atoms with E-state index in [4.69, 9.17) is 10.5 Å². The quantitative estimate of drug-likeness (QED) is 0.214. The molecule has 0 bridgehead atoms. The summed E-state index contributed by atoms with van der Waals surface area (Å²) in [6, 6.07) is 13.3. The molecule has 266 valence electrons. The van der Waals surface area contributed by atoms with Crippen LogP contribution >= 0.6 is 11.8 Å². The van der Waals surface area contributed by atoms with E-state index in [1.807, 2.05) is 87.4 Å². The third-order valence-corrected chi connectivity index (χ3v) is 9.38. The summed E-state index contributed by atoms with van der Waals surface area (Å²) in [5.41, 5.74) is 6.85. The van der Waals surface area contributed by atoms with E-state index >= 15 is 4.39 Å². The van der Waals surface area contributed by atoms with Gasteiger partial charge in [-0.1, -0.05) is 51.1 Å². The second-order valence-electron chi connectivity index (χ2n) is 14.7. The van der Waals surface area contributed by atoms with Crippen molar-refractivity contribution >= 4 is 29.7 Å². The minimum absolute atomic E-state index is 0.0131. The van der Waals surface area contributed by atoms with Crippen molar-refractivity contribution in [3.63, 3.8) is 0 Å². The summed E-state index contributed by atoms with van der Waals surface area (Å²) in [6.07, 6.45) is 2.04. The number of carboxylic acid groups (broad SMARTS) is 1. The molecule has 49 heavy (non-hydrogen) atoms. The lowest BCUT2D eigenvalue weighted by Gasteiger charge is -2.42. The zero-order valence-electron chi connectivity index (χ0n) is 29.1. The number of nitrogens with zero attached hydrogens (tertiary/aromatic N) is 3. The Morgan fingerprint density at radius 2 is 1.76 bits per heavy atom. The number of likely N-dealkylation sites (tertiary alicyclic amines) is 1. The zero-order valence-corrected chi connectivity index (χ0v) is 29.9. The van der Waals surface area contributed by atoms with Gasteiger partial charge in [0.2, 0.25) is 5.91 Å². The van der Waals surface area contributed by atoms with Gasteiger partial charge in [-0.2, -0.15) is 0 Å². The van der Waals surface area contributed by atoms with Crippen LogP contribution in [0.2, 0.25) is 0 Å². The van der Waals surface area contributed by atoms with Gasteiger partial charge >= 0.3 is 12.1 Å². The molecule has 3 N–H and O–H groups in total. The standard InChI is InChI=1S/C37H48F2N4O5S/c1-36(2,3)33(31-16-26(28-17-27(38)12-13-29(28)39)21-42(31)18-24-10-8-7-9-11-24)43(32(44)23-49-22-30(40)34(45)46)20-25-14-15-41(19-25)35(47)48-37(4,5)6/h7-13,16-17,21,25,30,33H,14-15,18-20,22-23,40H2,1-6H3,(H,45,46)/t25?,30?,33-/m0/s1. The van der Waals surface area contributed by atoms with Crippen LogP contribution in [0, 0.1) is 23.0 Å². The first-order valence-electron chi connectivity index (χ1n) is 16.5. The highest BCUT2D eigenvalue weighted by Gasteiger charge is 2.40. The maximum absolute atomic E-state index is 15.1. The van der Waals surface area contributed by atoms with E-state index < -0.39 is 46.8 Å². The number of carbonyl (C=O) groups excluding carboxylic acids is 2. The minimum Gasteiger partial charge on any atom is -0.480 e. The van der Waals surface area contributed by atoms with Crippen LogP contribution in [0.3, 0.4) is 0 Å². The number of hydrogen-bond donors (Lipinski definition) is 2. The number of thioether (sulfide) groups is 1. The molecule has 3 atom stereocenters. The molecule has 0 saturated carbocycles. The number of aliphatic carboxylic acids is 1. The highest BCUT2D eigenvalue weighted by Crippen LogP contribution is 2.42. The SMILES string of the molecule is CC(C)(C)OC(=O)N1CCC(CN(C(=O)CSCC(N)C(=O)O)[C@@H](c2cc(-c3cc(F)ccc3F)cn2Cc2ccccc2)C(C)(C)C)C1. The van der Waals surface area contributed by atoms with Crippen molar-refractivity contribution in [2.45, 2.75) is 72.2 Å². The first kappa shape index (κ1) is 37.9.